The van der Waals surface area contributed by atoms with Crippen LogP contribution >= 0.6 is 0 Å². The summed E-state index contributed by atoms with van der Waals surface area (Å²) in [6.45, 7) is 1.53. The van der Waals surface area contributed by atoms with Crippen LogP contribution in [-0.2, 0) is 28.3 Å². The van der Waals surface area contributed by atoms with Crippen molar-refractivity contribution >= 4 is 9.84 Å². The fourth-order valence-corrected chi connectivity index (χ4v) is 5.81. The average molecular weight is 454 g/mol. The maximum atomic E-state index is 12.2. The highest BCUT2D eigenvalue weighted by atomic mass is 32.2. The predicted octanol–water partition coefficient (Wildman–Crippen LogP) is 5.44. The van der Waals surface area contributed by atoms with Crippen molar-refractivity contribution in [3.8, 4) is 0 Å². The van der Waals surface area contributed by atoms with Gasteiger partial charge in [-0.1, -0.05) is 97.1 Å². The van der Waals surface area contributed by atoms with E-state index in [1.165, 1.54) is 28.5 Å². The first kappa shape index (κ1) is 21.6. The van der Waals surface area contributed by atoms with Crippen LogP contribution in [0.5, 0.6) is 0 Å². The van der Waals surface area contributed by atoms with E-state index < -0.39 is 15.4 Å². The second-order valence-corrected chi connectivity index (χ2v) is 10.7. The Hall–Kier alpha value is -3.21. The van der Waals surface area contributed by atoms with Crippen molar-refractivity contribution in [1.29, 1.82) is 0 Å². The lowest BCUT2D eigenvalue weighted by Crippen LogP contribution is -2.50. The summed E-state index contributed by atoms with van der Waals surface area (Å²) in [5.41, 5.74) is 5.40. The molecule has 1 aliphatic rings. The molecule has 0 N–H and O–H groups in total. The van der Waals surface area contributed by atoms with Gasteiger partial charge in [0.1, 0.15) is 0 Å². The average Bonchev–Trinajstić information content (AvgIpc) is 2.85. The minimum absolute atomic E-state index is 0.382. The van der Waals surface area contributed by atoms with Gasteiger partial charge in [-0.05, 0) is 46.4 Å². The van der Waals surface area contributed by atoms with E-state index in [1.54, 1.807) is 6.07 Å². The fourth-order valence-electron chi connectivity index (χ4n) is 5.14. The first-order valence-corrected chi connectivity index (χ1v) is 13.1. The molecule has 4 heteroatoms. The number of rotatable bonds is 5. The Kier molecular flexibility index (Phi) is 5.65. The summed E-state index contributed by atoms with van der Waals surface area (Å²) >= 11 is 0. The maximum Gasteiger partial charge on any atom is 0.175 e. The van der Waals surface area contributed by atoms with E-state index in [0.29, 0.717) is 11.4 Å². The molecule has 33 heavy (non-hydrogen) atoms. The van der Waals surface area contributed by atoms with Crippen molar-refractivity contribution in [2.45, 2.75) is 23.4 Å². The molecule has 1 heterocycles. The quantitative estimate of drug-likeness (QED) is 0.378. The lowest BCUT2D eigenvalue weighted by atomic mass is 9.74. The van der Waals surface area contributed by atoms with Crippen LogP contribution in [0.1, 0.15) is 27.8 Å². The second-order valence-electron chi connectivity index (χ2n) is 8.68. The van der Waals surface area contributed by atoms with Gasteiger partial charge < -0.3 is 0 Å². The van der Waals surface area contributed by atoms with E-state index in [9.17, 15) is 8.42 Å². The van der Waals surface area contributed by atoms with Crippen LogP contribution in [0.2, 0.25) is 0 Å². The monoisotopic (exact) mass is 453 g/mol. The Labute approximate surface area is 196 Å². The fraction of sp³-hybridized carbons (Fsp3) is 0.172. The lowest BCUT2D eigenvalue weighted by Gasteiger charge is -2.47. The van der Waals surface area contributed by atoms with E-state index in [0.717, 1.165) is 18.5 Å². The van der Waals surface area contributed by atoms with Gasteiger partial charge in [-0.15, -0.1) is 0 Å². The predicted molar refractivity (Wildman–Crippen MR) is 133 cm³/mol. The minimum atomic E-state index is -3.26. The van der Waals surface area contributed by atoms with E-state index in [1.807, 2.05) is 30.3 Å². The van der Waals surface area contributed by atoms with Crippen molar-refractivity contribution in [3.05, 3.63) is 137 Å². The Morgan fingerprint density at radius 1 is 0.667 bits per heavy atom. The van der Waals surface area contributed by atoms with Gasteiger partial charge in [0.2, 0.25) is 0 Å². The molecule has 0 amide bonds. The first-order valence-electron chi connectivity index (χ1n) is 11.2. The molecule has 0 saturated heterocycles. The second kappa shape index (κ2) is 8.62. The van der Waals surface area contributed by atoms with E-state index >= 15 is 0 Å². The molecule has 4 aromatic carbocycles. The summed E-state index contributed by atoms with van der Waals surface area (Å²) in [4.78, 5) is 2.88. The third-order valence-corrected chi connectivity index (χ3v) is 7.78. The number of nitrogens with zero attached hydrogens (tertiary/aromatic N) is 1. The van der Waals surface area contributed by atoms with Gasteiger partial charge in [0, 0.05) is 19.3 Å². The van der Waals surface area contributed by atoms with Crippen molar-refractivity contribution in [1.82, 2.24) is 4.90 Å². The highest BCUT2D eigenvalue weighted by Gasteiger charge is 2.43. The molecule has 0 unspecified atom stereocenters. The van der Waals surface area contributed by atoms with Crippen LogP contribution in [0.4, 0.5) is 0 Å². The van der Waals surface area contributed by atoms with Gasteiger partial charge >= 0.3 is 0 Å². The number of benzene rings is 4. The first-order chi connectivity index (χ1) is 16.0. The Bertz CT molecular complexity index is 1250. The van der Waals surface area contributed by atoms with Gasteiger partial charge in [-0.3, -0.25) is 4.90 Å². The Morgan fingerprint density at radius 3 is 1.61 bits per heavy atom. The van der Waals surface area contributed by atoms with Crippen molar-refractivity contribution in [3.63, 3.8) is 0 Å². The molecule has 4 aromatic rings. The SMILES string of the molecule is CS(=O)(=O)c1ccc2c(c1)CN(C(c1ccccc1)(c1ccccc1)c1ccccc1)CC2. The van der Waals surface area contributed by atoms with E-state index in [4.69, 9.17) is 0 Å². The number of hydrogen-bond donors (Lipinski definition) is 0. The highest BCUT2D eigenvalue weighted by molar-refractivity contribution is 7.90. The molecule has 0 radical (unpaired) electrons. The molecular weight excluding hydrogens is 426 g/mol. The zero-order valence-corrected chi connectivity index (χ0v) is 19.5. The molecule has 0 saturated carbocycles. The molecule has 0 aliphatic carbocycles. The van der Waals surface area contributed by atoms with Gasteiger partial charge in [0.05, 0.1) is 10.4 Å². The standard InChI is InChI=1S/C29H27NO2S/c1-33(31,32)28-18-17-23-19-20-30(22-24(23)21-28)29(25-11-5-2-6-12-25,26-13-7-3-8-14-26)27-15-9-4-10-16-27/h2-18,21H,19-20,22H2,1H3. The zero-order valence-electron chi connectivity index (χ0n) is 18.7. The van der Waals surface area contributed by atoms with Crippen LogP contribution in [0.15, 0.2) is 114 Å². The summed E-state index contributed by atoms with van der Waals surface area (Å²) in [5, 5.41) is 0. The molecule has 0 aromatic heterocycles. The van der Waals surface area contributed by atoms with Gasteiger partial charge in [-0.25, -0.2) is 8.42 Å². The van der Waals surface area contributed by atoms with Crippen LogP contribution in [-0.4, -0.2) is 26.1 Å². The normalized spacial score (nSPS) is 14.6. The summed E-state index contributed by atoms with van der Waals surface area (Å²) in [6.07, 6.45) is 2.14. The molecule has 1 aliphatic heterocycles. The molecule has 3 nitrogen and oxygen atoms in total. The highest BCUT2D eigenvalue weighted by Crippen LogP contribution is 2.44. The molecule has 0 spiro atoms. The third kappa shape index (κ3) is 3.90. The topological polar surface area (TPSA) is 37.4 Å². The summed E-state index contributed by atoms with van der Waals surface area (Å²) in [7, 11) is -3.26. The summed E-state index contributed by atoms with van der Waals surface area (Å²) in [5.74, 6) is 0. The van der Waals surface area contributed by atoms with Crippen LogP contribution in [0.3, 0.4) is 0 Å². The molecule has 0 bridgehead atoms. The van der Waals surface area contributed by atoms with Crippen LogP contribution in [0, 0.1) is 0 Å². The Morgan fingerprint density at radius 2 is 1.15 bits per heavy atom. The molecule has 166 valence electrons. The van der Waals surface area contributed by atoms with Crippen molar-refractivity contribution < 1.29 is 8.42 Å². The van der Waals surface area contributed by atoms with E-state index in [-0.39, 0.29) is 0 Å². The van der Waals surface area contributed by atoms with Crippen LogP contribution in [0.25, 0.3) is 0 Å². The van der Waals surface area contributed by atoms with Gasteiger partial charge in [0.25, 0.3) is 0 Å². The smallest absolute Gasteiger partial charge is 0.175 e. The minimum Gasteiger partial charge on any atom is -0.281 e. The molecule has 0 atom stereocenters. The molecular formula is C29H27NO2S. The van der Waals surface area contributed by atoms with Crippen molar-refractivity contribution in [2.75, 3.05) is 12.8 Å². The molecule has 5 rings (SSSR count). The summed E-state index contributed by atoms with van der Waals surface area (Å²) in [6, 6.07) is 37.5. The summed E-state index contributed by atoms with van der Waals surface area (Å²) < 4.78 is 24.5. The number of fused-ring (bicyclic) bond motifs is 1. The zero-order chi connectivity index (χ0) is 22.9. The van der Waals surface area contributed by atoms with Crippen LogP contribution < -0.4 is 0 Å². The lowest BCUT2D eigenvalue weighted by molar-refractivity contribution is 0.139. The third-order valence-electron chi connectivity index (χ3n) is 6.67. The maximum absolute atomic E-state index is 12.2. The van der Waals surface area contributed by atoms with Gasteiger partial charge in [-0.2, -0.15) is 0 Å². The number of hydrogen-bond acceptors (Lipinski definition) is 3. The largest absolute Gasteiger partial charge is 0.281 e. The Balaban J connectivity index is 1.74. The van der Waals surface area contributed by atoms with Gasteiger partial charge in [0.15, 0.2) is 9.84 Å². The van der Waals surface area contributed by atoms with Crippen molar-refractivity contribution in [2.24, 2.45) is 0 Å². The molecule has 0 fully saturated rings. The number of sulfone groups is 1. The van der Waals surface area contributed by atoms with E-state index in [2.05, 4.69) is 77.7 Å².